The number of hydrogen-bond acceptors (Lipinski definition) is 2. The number of rotatable bonds is 2. The number of carbonyl (C=O) groups excluding carboxylic acids is 1. The summed E-state index contributed by atoms with van der Waals surface area (Å²) < 4.78 is 0. The lowest BCUT2D eigenvalue weighted by atomic mass is 10.1. The van der Waals surface area contributed by atoms with Crippen molar-refractivity contribution in [2.45, 2.75) is 40.2 Å². The molecule has 0 unspecified atom stereocenters. The van der Waals surface area contributed by atoms with Gasteiger partial charge in [0.2, 0.25) is 0 Å². The average Bonchev–Trinajstić information content (AvgIpc) is 2.24. The lowest BCUT2D eigenvalue weighted by Gasteiger charge is -2.31. The van der Waals surface area contributed by atoms with Crippen LogP contribution in [0, 0.1) is 0 Å². The van der Waals surface area contributed by atoms with Gasteiger partial charge in [0.15, 0.2) is 0 Å². The molecule has 0 aromatic heterocycles. The van der Waals surface area contributed by atoms with Gasteiger partial charge in [-0.25, -0.2) is 5.01 Å². The van der Waals surface area contributed by atoms with E-state index in [0.717, 1.165) is 5.71 Å². The van der Waals surface area contributed by atoms with Gasteiger partial charge in [0.1, 0.15) is 0 Å². The molecular weight excluding hydrogens is 212 g/mol. The molecule has 0 saturated carbocycles. The van der Waals surface area contributed by atoms with Gasteiger partial charge in [-0.05, 0) is 46.8 Å². The van der Waals surface area contributed by atoms with Crippen LogP contribution in [-0.2, 0) is 0 Å². The lowest BCUT2D eigenvalue weighted by Crippen LogP contribution is -2.42. The fraction of sp³-hybridized carbons (Fsp3) is 0.429. The molecule has 0 atom stereocenters. The maximum Gasteiger partial charge on any atom is 0.274 e. The highest BCUT2D eigenvalue weighted by molar-refractivity contribution is 5.95. The fourth-order valence-electron chi connectivity index (χ4n) is 1.40. The minimum atomic E-state index is -0.329. The molecule has 0 aliphatic carbocycles. The van der Waals surface area contributed by atoms with E-state index in [1.807, 2.05) is 65.0 Å². The van der Waals surface area contributed by atoms with Crippen molar-refractivity contribution in [3.8, 4) is 0 Å². The Kier molecular flexibility index (Phi) is 4.05. The number of amides is 1. The molecule has 1 amide bonds. The summed E-state index contributed by atoms with van der Waals surface area (Å²) in [6.07, 6.45) is 0. The van der Waals surface area contributed by atoms with Gasteiger partial charge in [-0.15, -0.1) is 0 Å². The Morgan fingerprint density at radius 2 is 1.65 bits per heavy atom. The minimum absolute atomic E-state index is 0.0701. The van der Waals surface area contributed by atoms with Crippen LogP contribution < -0.4 is 0 Å². The molecule has 92 valence electrons. The van der Waals surface area contributed by atoms with Crippen molar-refractivity contribution >= 4 is 11.6 Å². The predicted molar refractivity (Wildman–Crippen MR) is 71.1 cm³/mol. The van der Waals surface area contributed by atoms with Crippen molar-refractivity contribution in [2.75, 3.05) is 0 Å². The Bertz CT molecular complexity index is 412. The molecule has 0 N–H and O–H groups in total. The van der Waals surface area contributed by atoms with Gasteiger partial charge in [-0.3, -0.25) is 4.79 Å². The summed E-state index contributed by atoms with van der Waals surface area (Å²) in [7, 11) is 0. The highest BCUT2D eigenvalue weighted by Gasteiger charge is 2.27. The van der Waals surface area contributed by atoms with Crippen LogP contribution in [0.1, 0.15) is 45.0 Å². The van der Waals surface area contributed by atoms with Gasteiger partial charge in [0.05, 0.1) is 5.54 Å². The number of benzene rings is 1. The maximum atomic E-state index is 12.3. The zero-order valence-corrected chi connectivity index (χ0v) is 11.2. The monoisotopic (exact) mass is 232 g/mol. The maximum absolute atomic E-state index is 12.3. The molecule has 0 spiro atoms. The number of nitrogens with zero attached hydrogens (tertiary/aromatic N) is 2. The average molecular weight is 232 g/mol. The second-order valence-corrected chi connectivity index (χ2v) is 5.20. The molecule has 0 aliphatic heterocycles. The van der Waals surface area contributed by atoms with E-state index in [4.69, 9.17) is 0 Å². The number of carbonyl (C=O) groups is 1. The first-order chi connectivity index (χ1) is 7.82. The van der Waals surface area contributed by atoms with E-state index in [2.05, 4.69) is 5.10 Å². The second kappa shape index (κ2) is 5.13. The number of hydrazone groups is 1. The number of hydrogen-bond donors (Lipinski definition) is 0. The van der Waals surface area contributed by atoms with Gasteiger partial charge >= 0.3 is 0 Å². The first-order valence-corrected chi connectivity index (χ1v) is 5.74. The Balaban J connectivity index is 3.09. The highest BCUT2D eigenvalue weighted by atomic mass is 16.2. The topological polar surface area (TPSA) is 32.7 Å². The highest BCUT2D eigenvalue weighted by Crippen LogP contribution is 2.18. The van der Waals surface area contributed by atoms with Crippen LogP contribution in [0.25, 0.3) is 0 Å². The first kappa shape index (κ1) is 13.4. The summed E-state index contributed by atoms with van der Waals surface area (Å²) in [5.41, 5.74) is 1.20. The molecule has 0 radical (unpaired) electrons. The van der Waals surface area contributed by atoms with Crippen LogP contribution in [0.3, 0.4) is 0 Å². The summed E-state index contributed by atoms with van der Waals surface area (Å²) in [5, 5.41) is 5.86. The van der Waals surface area contributed by atoms with Crippen LogP contribution in [0.5, 0.6) is 0 Å². The van der Waals surface area contributed by atoms with Crippen molar-refractivity contribution < 1.29 is 4.79 Å². The molecule has 17 heavy (non-hydrogen) atoms. The van der Waals surface area contributed by atoms with E-state index >= 15 is 0 Å². The predicted octanol–water partition coefficient (Wildman–Crippen LogP) is 3.32. The summed E-state index contributed by atoms with van der Waals surface area (Å²) in [6, 6.07) is 9.23. The first-order valence-electron chi connectivity index (χ1n) is 5.74. The van der Waals surface area contributed by atoms with E-state index in [1.54, 1.807) is 0 Å². The van der Waals surface area contributed by atoms with Crippen LogP contribution in [0.2, 0.25) is 0 Å². The van der Waals surface area contributed by atoms with Gasteiger partial charge < -0.3 is 0 Å². The summed E-state index contributed by atoms with van der Waals surface area (Å²) >= 11 is 0. The Hall–Kier alpha value is -1.64. The van der Waals surface area contributed by atoms with Gasteiger partial charge in [0, 0.05) is 11.3 Å². The molecule has 0 fully saturated rings. The Morgan fingerprint density at radius 1 is 1.12 bits per heavy atom. The molecule has 3 nitrogen and oxygen atoms in total. The zero-order chi connectivity index (χ0) is 13.1. The third-order valence-electron chi connectivity index (χ3n) is 2.15. The largest absolute Gasteiger partial charge is 0.274 e. The van der Waals surface area contributed by atoms with Crippen molar-refractivity contribution in [2.24, 2.45) is 5.10 Å². The third-order valence-corrected chi connectivity index (χ3v) is 2.15. The van der Waals surface area contributed by atoms with E-state index < -0.39 is 0 Å². The quantitative estimate of drug-likeness (QED) is 0.568. The van der Waals surface area contributed by atoms with Crippen molar-refractivity contribution in [1.29, 1.82) is 0 Å². The second-order valence-electron chi connectivity index (χ2n) is 5.20. The molecule has 0 saturated heterocycles. The molecule has 0 aliphatic rings. The van der Waals surface area contributed by atoms with Crippen molar-refractivity contribution in [3.63, 3.8) is 0 Å². The fourth-order valence-corrected chi connectivity index (χ4v) is 1.40. The normalized spacial score (nSPS) is 10.9. The van der Waals surface area contributed by atoms with Crippen LogP contribution >= 0.6 is 0 Å². The van der Waals surface area contributed by atoms with E-state index in [-0.39, 0.29) is 11.4 Å². The molecule has 1 aromatic rings. The van der Waals surface area contributed by atoms with Crippen LogP contribution in [0.15, 0.2) is 35.4 Å². The molecular formula is C14H20N2O. The Labute approximate surface area is 103 Å². The zero-order valence-electron chi connectivity index (χ0n) is 11.2. The van der Waals surface area contributed by atoms with E-state index in [1.165, 1.54) is 5.01 Å². The van der Waals surface area contributed by atoms with Gasteiger partial charge in [0.25, 0.3) is 5.91 Å². The lowest BCUT2D eigenvalue weighted by molar-refractivity contribution is 0.0591. The van der Waals surface area contributed by atoms with Crippen LogP contribution in [0.4, 0.5) is 0 Å². The van der Waals surface area contributed by atoms with Crippen LogP contribution in [-0.4, -0.2) is 22.2 Å². The van der Waals surface area contributed by atoms with E-state index in [9.17, 15) is 4.79 Å². The molecule has 0 bridgehead atoms. The SMILES string of the molecule is CC(C)=NN(C(=O)c1ccccc1)C(C)(C)C. The molecule has 0 heterocycles. The molecule has 1 rings (SSSR count). The molecule has 3 heteroatoms. The minimum Gasteiger partial charge on any atom is -0.267 e. The van der Waals surface area contributed by atoms with Gasteiger partial charge in [-0.1, -0.05) is 18.2 Å². The van der Waals surface area contributed by atoms with Crippen molar-refractivity contribution in [3.05, 3.63) is 35.9 Å². The van der Waals surface area contributed by atoms with Gasteiger partial charge in [-0.2, -0.15) is 5.10 Å². The third kappa shape index (κ3) is 3.70. The summed E-state index contributed by atoms with van der Waals surface area (Å²) in [5.74, 6) is -0.0701. The smallest absolute Gasteiger partial charge is 0.267 e. The standard InChI is InChI=1S/C14H20N2O/c1-11(2)15-16(14(3,4)5)13(17)12-9-7-6-8-10-12/h6-10H,1-5H3. The molecule has 1 aromatic carbocycles. The van der Waals surface area contributed by atoms with Crippen molar-refractivity contribution in [1.82, 2.24) is 5.01 Å². The summed E-state index contributed by atoms with van der Waals surface area (Å²) in [6.45, 7) is 9.69. The Morgan fingerprint density at radius 3 is 2.06 bits per heavy atom. The summed E-state index contributed by atoms with van der Waals surface area (Å²) in [4.78, 5) is 12.3. The van der Waals surface area contributed by atoms with E-state index in [0.29, 0.717) is 5.56 Å².